The lowest BCUT2D eigenvalue weighted by molar-refractivity contribution is 0.600. The summed E-state index contributed by atoms with van der Waals surface area (Å²) in [5.41, 5.74) is 2.80. The van der Waals surface area contributed by atoms with Crippen molar-refractivity contribution in [1.82, 2.24) is 0 Å². The van der Waals surface area contributed by atoms with Gasteiger partial charge in [-0.25, -0.2) is 8.42 Å². The molecule has 0 aliphatic heterocycles. The summed E-state index contributed by atoms with van der Waals surface area (Å²) < 4.78 is 27.5. The fourth-order valence-electron chi connectivity index (χ4n) is 2.62. The lowest BCUT2D eigenvalue weighted by Gasteiger charge is -2.17. The maximum Gasteiger partial charge on any atom is 0.261 e. The SMILES string of the molecule is O=S(=O)(Nc1ccccc1Cl)c1ccc2c(c1)CCCC2. The van der Waals surface area contributed by atoms with Gasteiger partial charge in [-0.15, -0.1) is 0 Å². The first-order valence-corrected chi connectivity index (χ1v) is 8.81. The van der Waals surface area contributed by atoms with Crippen LogP contribution in [0.5, 0.6) is 0 Å². The van der Waals surface area contributed by atoms with Crippen LogP contribution in [0.15, 0.2) is 47.4 Å². The van der Waals surface area contributed by atoms with Crippen LogP contribution in [0.1, 0.15) is 24.0 Å². The molecule has 0 amide bonds. The fourth-order valence-corrected chi connectivity index (χ4v) is 3.99. The van der Waals surface area contributed by atoms with Crippen molar-refractivity contribution in [2.75, 3.05) is 4.72 Å². The summed E-state index contributed by atoms with van der Waals surface area (Å²) in [5, 5.41) is 0.388. The highest BCUT2D eigenvalue weighted by Gasteiger charge is 2.18. The molecule has 3 nitrogen and oxygen atoms in total. The van der Waals surface area contributed by atoms with Crippen LogP contribution in [0.3, 0.4) is 0 Å². The Balaban J connectivity index is 1.93. The van der Waals surface area contributed by atoms with Crippen LogP contribution in [0.25, 0.3) is 0 Å². The molecule has 0 saturated carbocycles. The maximum absolute atomic E-state index is 12.5. The van der Waals surface area contributed by atoms with E-state index in [1.165, 1.54) is 12.0 Å². The Morgan fingerprint density at radius 1 is 0.952 bits per heavy atom. The first kappa shape index (κ1) is 14.4. The third-order valence-corrected chi connectivity index (χ3v) is 5.44. The number of sulfonamides is 1. The average molecular weight is 322 g/mol. The summed E-state index contributed by atoms with van der Waals surface area (Å²) in [5.74, 6) is 0. The van der Waals surface area contributed by atoms with Crippen LogP contribution in [0.2, 0.25) is 5.02 Å². The van der Waals surface area contributed by atoms with Gasteiger partial charge in [-0.2, -0.15) is 0 Å². The van der Waals surface area contributed by atoms with Crippen molar-refractivity contribution in [3.8, 4) is 0 Å². The monoisotopic (exact) mass is 321 g/mol. The van der Waals surface area contributed by atoms with Crippen molar-refractivity contribution < 1.29 is 8.42 Å². The van der Waals surface area contributed by atoms with Gasteiger partial charge in [0.05, 0.1) is 15.6 Å². The van der Waals surface area contributed by atoms with E-state index in [2.05, 4.69) is 4.72 Å². The number of rotatable bonds is 3. The molecule has 5 heteroatoms. The van der Waals surface area contributed by atoms with Crippen LogP contribution in [-0.2, 0) is 22.9 Å². The number of anilines is 1. The van der Waals surface area contributed by atoms with E-state index in [0.717, 1.165) is 24.8 Å². The molecule has 0 fully saturated rings. The predicted octanol–water partition coefficient (Wildman–Crippen LogP) is 4.02. The van der Waals surface area contributed by atoms with E-state index in [-0.39, 0.29) is 0 Å². The summed E-state index contributed by atoms with van der Waals surface area (Å²) in [6.45, 7) is 0. The van der Waals surface area contributed by atoms with Gasteiger partial charge in [0.2, 0.25) is 0 Å². The second-order valence-electron chi connectivity index (χ2n) is 5.22. The molecule has 1 aliphatic rings. The van der Waals surface area contributed by atoms with E-state index in [1.807, 2.05) is 6.07 Å². The van der Waals surface area contributed by atoms with Crippen LogP contribution < -0.4 is 4.72 Å². The van der Waals surface area contributed by atoms with Crippen LogP contribution >= 0.6 is 11.6 Å². The third kappa shape index (κ3) is 3.06. The number of benzene rings is 2. The van der Waals surface area contributed by atoms with Gasteiger partial charge in [-0.05, 0) is 61.1 Å². The first-order chi connectivity index (χ1) is 10.1. The molecule has 1 aliphatic carbocycles. The zero-order valence-electron chi connectivity index (χ0n) is 11.5. The topological polar surface area (TPSA) is 46.2 Å². The summed E-state index contributed by atoms with van der Waals surface area (Å²) >= 11 is 6.01. The van der Waals surface area contributed by atoms with Gasteiger partial charge in [0.15, 0.2) is 0 Å². The van der Waals surface area contributed by atoms with Gasteiger partial charge in [-0.3, -0.25) is 4.72 Å². The molecular formula is C16H16ClNO2S. The number of nitrogens with one attached hydrogen (secondary N) is 1. The molecular weight excluding hydrogens is 306 g/mol. The van der Waals surface area contributed by atoms with E-state index < -0.39 is 10.0 Å². The summed E-state index contributed by atoms with van der Waals surface area (Å²) in [6, 6.07) is 12.2. The first-order valence-electron chi connectivity index (χ1n) is 6.95. The van der Waals surface area contributed by atoms with E-state index in [9.17, 15) is 8.42 Å². The van der Waals surface area contributed by atoms with Crippen LogP contribution in [0.4, 0.5) is 5.69 Å². The molecule has 0 saturated heterocycles. The molecule has 2 aromatic carbocycles. The largest absolute Gasteiger partial charge is 0.278 e. The van der Waals surface area contributed by atoms with E-state index in [1.54, 1.807) is 36.4 Å². The lowest BCUT2D eigenvalue weighted by Crippen LogP contribution is -2.14. The molecule has 0 bridgehead atoms. The predicted molar refractivity (Wildman–Crippen MR) is 85.3 cm³/mol. The smallest absolute Gasteiger partial charge is 0.261 e. The standard InChI is InChI=1S/C16H16ClNO2S/c17-15-7-3-4-8-16(15)18-21(19,20)14-10-9-12-5-1-2-6-13(12)11-14/h3-4,7-11,18H,1-2,5-6H2. The van der Waals surface area contributed by atoms with Crippen molar-refractivity contribution in [3.05, 3.63) is 58.6 Å². The minimum atomic E-state index is -3.60. The van der Waals surface area contributed by atoms with Crippen molar-refractivity contribution >= 4 is 27.3 Å². The summed E-state index contributed by atoms with van der Waals surface area (Å²) in [7, 11) is -3.60. The zero-order valence-corrected chi connectivity index (χ0v) is 13.0. The molecule has 0 radical (unpaired) electrons. The Morgan fingerprint density at radius 2 is 1.67 bits per heavy atom. The van der Waals surface area contributed by atoms with Crippen LogP contribution in [0, 0.1) is 0 Å². The summed E-state index contributed by atoms with van der Waals surface area (Å²) in [6.07, 6.45) is 4.28. The van der Waals surface area contributed by atoms with Gasteiger partial charge in [0.25, 0.3) is 10.0 Å². The second-order valence-corrected chi connectivity index (χ2v) is 7.31. The maximum atomic E-state index is 12.5. The Labute approximate surface area is 130 Å². The average Bonchev–Trinajstić information content (AvgIpc) is 2.49. The van der Waals surface area contributed by atoms with Gasteiger partial charge in [-0.1, -0.05) is 29.8 Å². The minimum absolute atomic E-state index is 0.295. The molecule has 0 aromatic heterocycles. The van der Waals surface area contributed by atoms with E-state index in [4.69, 9.17) is 11.6 Å². The number of hydrogen-bond acceptors (Lipinski definition) is 2. The minimum Gasteiger partial charge on any atom is -0.278 e. The molecule has 21 heavy (non-hydrogen) atoms. The number of para-hydroxylation sites is 1. The molecule has 110 valence electrons. The van der Waals surface area contributed by atoms with E-state index >= 15 is 0 Å². The van der Waals surface area contributed by atoms with Crippen molar-refractivity contribution in [2.24, 2.45) is 0 Å². The highest BCUT2D eigenvalue weighted by Crippen LogP contribution is 2.27. The van der Waals surface area contributed by atoms with Crippen LogP contribution in [-0.4, -0.2) is 8.42 Å². The number of halogens is 1. The lowest BCUT2D eigenvalue weighted by atomic mass is 9.92. The Kier molecular flexibility index (Phi) is 3.91. The molecule has 2 aromatic rings. The number of hydrogen-bond donors (Lipinski definition) is 1. The molecule has 3 rings (SSSR count). The number of fused-ring (bicyclic) bond motifs is 1. The Morgan fingerprint density at radius 3 is 2.43 bits per heavy atom. The fraction of sp³-hybridized carbons (Fsp3) is 0.250. The van der Waals surface area contributed by atoms with Crippen molar-refractivity contribution in [1.29, 1.82) is 0 Å². The van der Waals surface area contributed by atoms with Crippen molar-refractivity contribution in [3.63, 3.8) is 0 Å². The molecule has 0 spiro atoms. The van der Waals surface area contributed by atoms with Gasteiger partial charge in [0, 0.05) is 0 Å². The van der Waals surface area contributed by atoms with Gasteiger partial charge >= 0.3 is 0 Å². The highest BCUT2D eigenvalue weighted by molar-refractivity contribution is 7.92. The number of aryl methyl sites for hydroxylation is 2. The van der Waals surface area contributed by atoms with Crippen molar-refractivity contribution in [2.45, 2.75) is 30.6 Å². The van der Waals surface area contributed by atoms with Gasteiger partial charge in [0.1, 0.15) is 0 Å². The Hall–Kier alpha value is -1.52. The normalized spacial score (nSPS) is 14.5. The van der Waals surface area contributed by atoms with Gasteiger partial charge < -0.3 is 0 Å². The zero-order chi connectivity index (χ0) is 14.9. The molecule has 0 atom stereocenters. The molecule has 1 N–H and O–H groups in total. The quantitative estimate of drug-likeness (QED) is 0.928. The second kappa shape index (κ2) is 5.70. The third-order valence-electron chi connectivity index (χ3n) is 3.75. The molecule has 0 unspecified atom stereocenters. The van der Waals surface area contributed by atoms with E-state index in [0.29, 0.717) is 15.6 Å². The summed E-state index contributed by atoms with van der Waals surface area (Å²) in [4.78, 5) is 0.295. The molecule has 0 heterocycles. The highest BCUT2D eigenvalue weighted by atomic mass is 35.5. The Bertz CT molecular complexity index is 772.